The van der Waals surface area contributed by atoms with E-state index in [1.165, 1.54) is 11.1 Å². The Morgan fingerprint density at radius 1 is 0.789 bits per heavy atom. The number of fused-ring (bicyclic) bond motifs is 2. The number of aliphatic hydroxyl groups excluding tert-OH is 1. The van der Waals surface area contributed by atoms with E-state index in [0.717, 1.165) is 81.6 Å². The lowest BCUT2D eigenvalue weighted by atomic mass is 9.77. The Bertz CT molecular complexity index is 2660. The predicted octanol–water partition coefficient (Wildman–Crippen LogP) is 9.12. The van der Waals surface area contributed by atoms with Gasteiger partial charge in [-0.3, -0.25) is 0 Å². The molecule has 3 aromatic heterocycles. The normalized spacial score (nSPS) is 14.3. The third kappa shape index (κ3) is 6.30. The summed E-state index contributed by atoms with van der Waals surface area (Å²) in [5.41, 5.74) is 11.5. The van der Waals surface area contributed by atoms with Gasteiger partial charge in [0.05, 0.1) is 6.04 Å². The van der Waals surface area contributed by atoms with E-state index >= 15 is 0 Å². The Morgan fingerprint density at radius 2 is 1.42 bits per heavy atom. The average molecular weight is 746 g/mol. The van der Waals surface area contributed by atoms with Crippen LogP contribution in [0.2, 0.25) is 0 Å². The summed E-state index contributed by atoms with van der Waals surface area (Å²) in [7, 11) is 0. The fraction of sp³-hybridized carbons (Fsp3) is 0.204. The monoisotopic (exact) mass is 745 g/mol. The molecule has 2 unspecified atom stereocenters. The van der Waals surface area contributed by atoms with Gasteiger partial charge in [0, 0.05) is 12.0 Å². The average Bonchev–Trinajstić information content (AvgIpc) is 3.99. The summed E-state index contributed by atoms with van der Waals surface area (Å²) in [6.07, 6.45) is 2.98. The smallest absolute Gasteiger partial charge is 0.184 e. The molecule has 1 N–H and O–H groups in total. The maximum absolute atomic E-state index is 9.84. The van der Waals surface area contributed by atoms with Crippen LogP contribution in [0, 0.1) is 18.8 Å². The van der Waals surface area contributed by atoms with Gasteiger partial charge in [0.15, 0.2) is 11.5 Å². The van der Waals surface area contributed by atoms with Crippen molar-refractivity contribution in [1.29, 1.82) is 0 Å². The Kier molecular flexibility index (Phi) is 9.53. The summed E-state index contributed by atoms with van der Waals surface area (Å²) in [5.74, 6) is 7.65. The van der Waals surface area contributed by atoms with Gasteiger partial charge < -0.3 is 9.67 Å². The van der Waals surface area contributed by atoms with Crippen molar-refractivity contribution >= 4 is 11.2 Å². The Labute approximate surface area is 332 Å². The van der Waals surface area contributed by atoms with Crippen LogP contribution in [0.3, 0.4) is 0 Å². The second-order valence-electron chi connectivity index (χ2n) is 14.8. The minimum atomic E-state index is -0.862. The van der Waals surface area contributed by atoms with E-state index in [1.54, 1.807) is 6.92 Å². The number of aliphatic hydroxyl groups is 1. The minimum Gasteiger partial charge on any atom is -0.381 e. The highest BCUT2D eigenvalue weighted by molar-refractivity contribution is 5.82. The van der Waals surface area contributed by atoms with Crippen LogP contribution in [0.25, 0.3) is 33.7 Å². The second kappa shape index (κ2) is 15.1. The summed E-state index contributed by atoms with van der Waals surface area (Å²) in [5, 5.41) is 23.8. The molecule has 3 heterocycles. The molecule has 0 spiro atoms. The van der Waals surface area contributed by atoms with E-state index < -0.39 is 11.6 Å². The molecule has 8 heteroatoms. The zero-order valence-corrected chi connectivity index (χ0v) is 32.3. The molecule has 0 saturated heterocycles. The molecule has 0 aliphatic heterocycles. The van der Waals surface area contributed by atoms with Crippen LogP contribution < -0.4 is 0 Å². The van der Waals surface area contributed by atoms with Crippen LogP contribution >= 0.6 is 0 Å². The highest BCUT2D eigenvalue weighted by Crippen LogP contribution is 2.45. The number of pyridine rings is 1. The van der Waals surface area contributed by atoms with Gasteiger partial charge in [-0.25, -0.2) is 14.6 Å². The summed E-state index contributed by atoms with van der Waals surface area (Å²) in [6, 6.07) is 48.9. The standard InChI is InChI=1S/C49H43N7O/c1-4-16-45-51-46-33(2)31-40(28-25-34(3)57)50-48(46)55(45)44-30-27-36-32-35(26-29-42(36)44)41-23-14-15-24-43(41)47-52-53-54-56(47)49(37-17-8-5-9-18-37,38-19-10-6-11-20-38)39-21-12-7-13-22-39/h5-15,17-24,26,29,31-32,34,44,57H,4,16,27,30H2,1-3H3. The number of nitrogens with zero attached hydrogens (tertiary/aromatic N) is 7. The number of imidazole rings is 1. The number of aryl methyl sites for hydroxylation is 3. The number of tetrazole rings is 1. The molecular formula is C49H43N7O. The molecule has 8 aromatic rings. The Balaban J connectivity index is 1.17. The van der Waals surface area contributed by atoms with Gasteiger partial charge in [-0.2, -0.15) is 0 Å². The molecular weight excluding hydrogens is 703 g/mol. The number of benzene rings is 5. The summed E-state index contributed by atoms with van der Waals surface area (Å²) < 4.78 is 4.35. The lowest BCUT2D eigenvalue weighted by molar-refractivity contribution is 0.253. The van der Waals surface area contributed by atoms with Crippen molar-refractivity contribution in [2.24, 2.45) is 0 Å². The van der Waals surface area contributed by atoms with E-state index in [1.807, 2.05) is 28.9 Å². The van der Waals surface area contributed by atoms with Crippen LogP contribution in [0.15, 0.2) is 140 Å². The molecule has 57 heavy (non-hydrogen) atoms. The summed E-state index contributed by atoms with van der Waals surface area (Å²) in [4.78, 5) is 10.2. The van der Waals surface area contributed by atoms with Crippen molar-refractivity contribution < 1.29 is 5.11 Å². The van der Waals surface area contributed by atoms with Crippen molar-refractivity contribution in [3.63, 3.8) is 0 Å². The predicted molar refractivity (Wildman–Crippen MR) is 225 cm³/mol. The number of rotatable bonds is 9. The van der Waals surface area contributed by atoms with Crippen LogP contribution in [-0.4, -0.2) is 46.0 Å². The lowest BCUT2D eigenvalue weighted by Crippen LogP contribution is -2.39. The molecule has 5 aromatic carbocycles. The van der Waals surface area contributed by atoms with Crippen LogP contribution in [0.5, 0.6) is 0 Å². The Hall–Kier alpha value is -6.69. The zero-order valence-electron chi connectivity index (χ0n) is 32.3. The Morgan fingerprint density at radius 3 is 2.05 bits per heavy atom. The first kappa shape index (κ1) is 36.0. The second-order valence-corrected chi connectivity index (χ2v) is 14.8. The van der Waals surface area contributed by atoms with Gasteiger partial charge in [0.1, 0.15) is 28.7 Å². The van der Waals surface area contributed by atoms with Crippen LogP contribution in [0.1, 0.15) is 77.6 Å². The van der Waals surface area contributed by atoms with Gasteiger partial charge in [-0.1, -0.05) is 146 Å². The fourth-order valence-corrected chi connectivity index (χ4v) is 8.68. The number of hydrogen-bond acceptors (Lipinski definition) is 6. The maximum Gasteiger partial charge on any atom is 0.184 e. The molecule has 0 radical (unpaired) electrons. The number of hydrogen-bond donors (Lipinski definition) is 1. The molecule has 0 saturated carbocycles. The van der Waals surface area contributed by atoms with Gasteiger partial charge >= 0.3 is 0 Å². The van der Waals surface area contributed by atoms with Gasteiger partial charge in [-0.15, -0.1) is 5.10 Å². The van der Waals surface area contributed by atoms with E-state index in [9.17, 15) is 5.11 Å². The molecule has 280 valence electrons. The van der Waals surface area contributed by atoms with Crippen molar-refractivity contribution in [2.45, 2.75) is 64.1 Å². The largest absolute Gasteiger partial charge is 0.381 e. The molecule has 9 rings (SSSR count). The van der Waals surface area contributed by atoms with E-state index in [2.05, 4.69) is 151 Å². The molecule has 2 atom stereocenters. The highest BCUT2D eigenvalue weighted by Gasteiger charge is 2.42. The van der Waals surface area contributed by atoms with E-state index in [-0.39, 0.29) is 6.04 Å². The molecule has 0 fully saturated rings. The minimum absolute atomic E-state index is 0.0956. The summed E-state index contributed by atoms with van der Waals surface area (Å²) >= 11 is 0. The zero-order chi connectivity index (χ0) is 38.9. The van der Waals surface area contributed by atoms with Crippen molar-refractivity contribution in [3.05, 3.63) is 184 Å². The topological polar surface area (TPSA) is 94.5 Å². The first-order valence-electron chi connectivity index (χ1n) is 19.7. The molecule has 8 nitrogen and oxygen atoms in total. The molecule has 0 amide bonds. The SMILES string of the molecule is CCCc1nc2c(C)cc(C#CC(C)O)nc2n1C1CCc2cc(-c3ccccc3-c3nnnn3C(c3ccccc3)(c3ccccc3)c3ccccc3)ccc21. The number of aromatic nitrogens is 7. The quantitative estimate of drug-likeness (QED) is 0.117. The molecule has 0 bridgehead atoms. The van der Waals surface area contributed by atoms with Crippen molar-refractivity contribution in [3.8, 4) is 34.4 Å². The van der Waals surface area contributed by atoms with E-state index in [0.29, 0.717) is 11.5 Å². The fourth-order valence-electron chi connectivity index (χ4n) is 8.68. The summed E-state index contributed by atoms with van der Waals surface area (Å²) in [6.45, 7) is 5.92. The molecule has 1 aliphatic carbocycles. The van der Waals surface area contributed by atoms with Crippen molar-refractivity contribution in [1.82, 2.24) is 34.7 Å². The van der Waals surface area contributed by atoms with E-state index in [4.69, 9.17) is 20.3 Å². The maximum atomic E-state index is 9.84. The molecule has 1 aliphatic rings. The third-order valence-electron chi connectivity index (χ3n) is 11.1. The third-order valence-corrected chi connectivity index (χ3v) is 11.1. The highest BCUT2D eigenvalue weighted by atomic mass is 16.3. The van der Waals surface area contributed by atoms with Crippen molar-refractivity contribution in [2.75, 3.05) is 0 Å². The van der Waals surface area contributed by atoms with Crippen LogP contribution in [0.4, 0.5) is 0 Å². The van der Waals surface area contributed by atoms with Gasteiger partial charge in [-0.05, 0) is 100 Å². The van der Waals surface area contributed by atoms with Gasteiger partial charge in [0.2, 0.25) is 0 Å². The lowest BCUT2D eigenvalue weighted by Gasteiger charge is -2.36. The first-order valence-corrected chi connectivity index (χ1v) is 19.7. The van der Waals surface area contributed by atoms with Crippen LogP contribution in [-0.2, 0) is 18.4 Å². The van der Waals surface area contributed by atoms with Gasteiger partial charge in [0.25, 0.3) is 0 Å². The first-order chi connectivity index (χ1) is 28.0.